The molecule has 0 aliphatic heterocycles. The highest BCUT2D eigenvalue weighted by atomic mass is 16.7. The number of nitro groups is 2. The van der Waals surface area contributed by atoms with E-state index < -0.39 is 33.6 Å². The molecule has 0 rings (SSSR count). The van der Waals surface area contributed by atoms with Crippen LogP contribution in [0, 0.1) is 20.2 Å². The molecule has 0 unspecified atom stereocenters. The molecule has 0 aliphatic rings. The van der Waals surface area contributed by atoms with E-state index in [1.165, 1.54) is 10.6 Å². The molecular formula is C4H5N5O7. The van der Waals surface area contributed by atoms with Crippen LogP contribution in [-0.4, -0.2) is 27.0 Å². The van der Waals surface area contributed by atoms with Crippen LogP contribution in [0.5, 0.6) is 0 Å². The Morgan fingerprint density at radius 1 is 1.12 bits per heavy atom. The van der Waals surface area contributed by atoms with Crippen molar-refractivity contribution in [2.24, 2.45) is 5.73 Å². The summed E-state index contributed by atoms with van der Waals surface area (Å²) in [5.74, 6) is -3.48. The smallest absolute Gasteiger partial charge is 0.485 e. The van der Waals surface area contributed by atoms with E-state index in [1.54, 1.807) is 0 Å². The minimum Gasteiger partial charge on any atom is -0.485 e. The Bertz CT molecular complexity index is 370. The number of carbonyl (C=O) groups is 2. The highest BCUT2D eigenvalue weighted by Crippen LogP contribution is 2.00. The normalized spacial score (nSPS) is 8.75. The Hall–Kier alpha value is -2.92. The van der Waals surface area contributed by atoms with Crippen LogP contribution in [0.15, 0.2) is 11.7 Å². The van der Waals surface area contributed by atoms with Gasteiger partial charge in [-0.3, -0.25) is 30.9 Å². The molecule has 0 saturated carbocycles. The Morgan fingerprint density at radius 3 is 1.88 bits per heavy atom. The van der Waals surface area contributed by atoms with Gasteiger partial charge in [0.1, 0.15) is 9.85 Å². The third kappa shape index (κ3) is 3.86. The molecule has 0 heterocycles. The van der Waals surface area contributed by atoms with Gasteiger partial charge in [0.25, 0.3) is 0 Å². The van der Waals surface area contributed by atoms with Crippen molar-refractivity contribution >= 4 is 12.1 Å². The highest BCUT2D eigenvalue weighted by molar-refractivity contribution is 5.93. The molecular weight excluding hydrogens is 230 g/mol. The van der Waals surface area contributed by atoms with Crippen LogP contribution in [0.3, 0.4) is 0 Å². The molecule has 5 N–H and O–H groups in total. The van der Waals surface area contributed by atoms with Gasteiger partial charge in [-0.2, -0.15) is 0 Å². The summed E-state index contributed by atoms with van der Waals surface area (Å²) in [4.78, 5) is 37.8. The summed E-state index contributed by atoms with van der Waals surface area (Å²) in [5, 5.41) is 31.6. The summed E-state index contributed by atoms with van der Waals surface area (Å²) in [6.45, 7) is 0. The molecule has 0 saturated heterocycles. The van der Waals surface area contributed by atoms with E-state index in [0.29, 0.717) is 0 Å². The number of hydrogen-bond donors (Lipinski definition) is 4. The molecule has 0 atom stereocenters. The average Bonchev–Trinajstić information content (AvgIpc) is 1.98. The number of amides is 4. The summed E-state index contributed by atoms with van der Waals surface area (Å²) in [6.07, 6.45) is 0. The predicted octanol–water partition coefficient (Wildman–Crippen LogP) is -1.40. The van der Waals surface area contributed by atoms with Crippen LogP contribution in [0.1, 0.15) is 0 Å². The van der Waals surface area contributed by atoms with Gasteiger partial charge in [-0.15, -0.1) is 0 Å². The molecule has 0 radical (unpaired) electrons. The fourth-order valence-corrected chi connectivity index (χ4v) is 0.546. The van der Waals surface area contributed by atoms with Gasteiger partial charge in [-0.1, -0.05) is 0 Å². The number of primary amides is 1. The van der Waals surface area contributed by atoms with Crippen LogP contribution in [-0.2, 0) is 0 Å². The van der Waals surface area contributed by atoms with E-state index in [0.717, 1.165) is 0 Å². The second-order valence-electron chi connectivity index (χ2n) is 2.13. The molecule has 12 nitrogen and oxygen atoms in total. The number of nitrogens with zero attached hydrogens (tertiary/aromatic N) is 2. The van der Waals surface area contributed by atoms with Crippen LogP contribution >= 0.6 is 0 Å². The van der Waals surface area contributed by atoms with Crippen LogP contribution in [0.2, 0.25) is 0 Å². The summed E-state index contributed by atoms with van der Waals surface area (Å²) < 4.78 is 0. The fraction of sp³-hybridized carbons (Fsp3) is 0. The molecule has 0 aromatic rings. The minimum atomic E-state index is -1.85. The van der Waals surface area contributed by atoms with Crippen LogP contribution < -0.4 is 16.4 Å². The van der Waals surface area contributed by atoms with Crippen molar-refractivity contribution in [3.05, 3.63) is 31.9 Å². The third-order valence-electron chi connectivity index (χ3n) is 1.03. The van der Waals surface area contributed by atoms with Crippen LogP contribution in [0.4, 0.5) is 9.59 Å². The van der Waals surface area contributed by atoms with Gasteiger partial charge < -0.3 is 10.8 Å². The van der Waals surface area contributed by atoms with Crippen molar-refractivity contribution in [1.29, 1.82) is 0 Å². The lowest BCUT2D eigenvalue weighted by atomic mass is 10.7. The lowest BCUT2D eigenvalue weighted by Gasteiger charge is -2.00. The van der Waals surface area contributed by atoms with Crippen molar-refractivity contribution in [2.75, 3.05) is 0 Å². The number of nitrogens with two attached hydrogens (primary N) is 1. The molecule has 16 heavy (non-hydrogen) atoms. The number of rotatable bonds is 3. The number of aliphatic hydroxyl groups is 1. The molecule has 0 aliphatic carbocycles. The molecule has 0 spiro atoms. The zero-order valence-electron chi connectivity index (χ0n) is 7.37. The van der Waals surface area contributed by atoms with Gasteiger partial charge in [-0.25, -0.2) is 9.59 Å². The Balaban J connectivity index is 4.87. The van der Waals surface area contributed by atoms with Gasteiger partial charge in [0, 0.05) is 0 Å². The number of hydrogen-bond acceptors (Lipinski definition) is 7. The summed E-state index contributed by atoms with van der Waals surface area (Å²) >= 11 is 0. The number of imide groups is 1. The highest BCUT2D eigenvalue weighted by Gasteiger charge is 2.34. The predicted molar refractivity (Wildman–Crippen MR) is 44.9 cm³/mol. The summed E-state index contributed by atoms with van der Waals surface area (Å²) in [5.41, 5.74) is 4.49. The first-order valence-corrected chi connectivity index (χ1v) is 3.35. The van der Waals surface area contributed by atoms with Crippen molar-refractivity contribution in [2.45, 2.75) is 0 Å². The third-order valence-corrected chi connectivity index (χ3v) is 1.03. The first-order valence-electron chi connectivity index (χ1n) is 3.35. The number of urea groups is 2. The first-order chi connectivity index (χ1) is 7.25. The Morgan fingerprint density at radius 2 is 1.56 bits per heavy atom. The SMILES string of the molecule is NC(=O)NC(=O)NC(O)=C([N+](=O)[O-])[N+](=O)[O-]. The maximum Gasteiger partial charge on any atom is 0.619 e. The van der Waals surface area contributed by atoms with E-state index in [4.69, 9.17) is 5.11 Å². The second kappa shape index (κ2) is 5.08. The topological polar surface area (TPSA) is 191 Å². The first kappa shape index (κ1) is 13.1. The maximum absolute atomic E-state index is 10.7. The standard InChI is InChI=1S/C4H5N5O7/c5-3(11)7-4(12)6-1(10)2(8(13)14)9(15)16/h10H,(H4,5,6,7,11,12). The van der Waals surface area contributed by atoms with Crippen molar-refractivity contribution in [1.82, 2.24) is 10.6 Å². The van der Waals surface area contributed by atoms with E-state index in [-0.39, 0.29) is 0 Å². The largest absolute Gasteiger partial charge is 0.619 e. The average molecular weight is 235 g/mol. The van der Waals surface area contributed by atoms with Gasteiger partial charge in [0.05, 0.1) is 0 Å². The Labute approximate surface area is 86.0 Å². The van der Waals surface area contributed by atoms with E-state index in [9.17, 15) is 29.8 Å². The summed E-state index contributed by atoms with van der Waals surface area (Å²) in [6, 6.07) is -2.76. The number of nitrogens with one attached hydrogen (secondary N) is 2. The zero-order chi connectivity index (χ0) is 12.9. The van der Waals surface area contributed by atoms with E-state index in [1.807, 2.05) is 0 Å². The maximum atomic E-state index is 10.7. The number of aliphatic hydroxyl groups excluding tert-OH is 1. The van der Waals surface area contributed by atoms with Gasteiger partial charge in [0.2, 0.25) is 0 Å². The molecule has 88 valence electrons. The molecule has 0 bridgehead atoms. The van der Waals surface area contributed by atoms with Gasteiger partial charge >= 0.3 is 23.8 Å². The van der Waals surface area contributed by atoms with Crippen LogP contribution in [0.25, 0.3) is 0 Å². The molecule has 4 amide bonds. The second-order valence-corrected chi connectivity index (χ2v) is 2.13. The van der Waals surface area contributed by atoms with E-state index in [2.05, 4.69) is 5.73 Å². The molecule has 0 aromatic carbocycles. The number of carbonyl (C=O) groups excluding carboxylic acids is 2. The molecule has 12 heteroatoms. The quantitative estimate of drug-likeness (QED) is 0.262. The minimum absolute atomic E-state index is 1.27. The lowest BCUT2D eigenvalue weighted by molar-refractivity contribution is -0.619. The van der Waals surface area contributed by atoms with Crippen molar-refractivity contribution in [3.8, 4) is 0 Å². The van der Waals surface area contributed by atoms with Gasteiger partial charge in [-0.05, 0) is 0 Å². The van der Waals surface area contributed by atoms with E-state index >= 15 is 0 Å². The monoisotopic (exact) mass is 235 g/mol. The summed E-state index contributed by atoms with van der Waals surface area (Å²) in [7, 11) is 0. The molecule has 0 fully saturated rings. The lowest BCUT2D eigenvalue weighted by Crippen LogP contribution is -2.42. The van der Waals surface area contributed by atoms with Crippen molar-refractivity contribution < 1.29 is 24.5 Å². The zero-order valence-corrected chi connectivity index (χ0v) is 7.37. The molecule has 0 aromatic heterocycles. The fourth-order valence-electron chi connectivity index (χ4n) is 0.546. The van der Waals surface area contributed by atoms with Gasteiger partial charge in [0.15, 0.2) is 0 Å². The van der Waals surface area contributed by atoms with Crippen molar-refractivity contribution in [3.63, 3.8) is 0 Å². The Kier molecular flexibility index (Phi) is 4.16.